The fraction of sp³-hybridized carbons (Fsp3) is 0.270. The van der Waals surface area contributed by atoms with Crippen LogP contribution < -0.4 is 21.7 Å². The van der Waals surface area contributed by atoms with Crippen molar-refractivity contribution in [1.82, 2.24) is 10.6 Å². The van der Waals surface area contributed by atoms with Crippen LogP contribution in [0.5, 0.6) is 0 Å². The fourth-order valence-corrected chi connectivity index (χ4v) is 5.74. The maximum absolute atomic E-state index is 13.7. The van der Waals surface area contributed by atoms with Gasteiger partial charge < -0.3 is 26.4 Å². The number of rotatable bonds is 13. The summed E-state index contributed by atoms with van der Waals surface area (Å²) in [5.74, 6) is -0.907. The zero-order chi connectivity index (χ0) is 31.6. The first-order valence-electron chi connectivity index (χ1n) is 15.5. The molecule has 0 saturated heterocycles. The van der Waals surface area contributed by atoms with Gasteiger partial charge in [0.05, 0.1) is 0 Å². The highest BCUT2D eigenvalue weighted by Gasteiger charge is 2.31. The first kappa shape index (κ1) is 31.5. The Bertz CT molecular complexity index is 1560. The third kappa shape index (κ3) is 8.16. The van der Waals surface area contributed by atoms with Crippen LogP contribution in [0.15, 0.2) is 103 Å². The third-order valence-electron chi connectivity index (χ3n) is 8.13. The van der Waals surface area contributed by atoms with Gasteiger partial charge in [-0.1, -0.05) is 96.6 Å². The smallest absolute Gasteiger partial charge is 0.407 e. The van der Waals surface area contributed by atoms with Crippen molar-refractivity contribution in [3.8, 4) is 11.1 Å². The van der Waals surface area contributed by atoms with Crippen LogP contribution in [0.4, 0.5) is 10.5 Å². The molecular weight excluding hydrogens is 564 g/mol. The van der Waals surface area contributed by atoms with Gasteiger partial charge in [0.25, 0.3) is 0 Å². The van der Waals surface area contributed by atoms with Crippen molar-refractivity contribution in [1.29, 1.82) is 0 Å². The van der Waals surface area contributed by atoms with Gasteiger partial charge in [0.1, 0.15) is 18.7 Å². The molecule has 2 atom stereocenters. The SMILES string of the molecule is Cc1ccc(NC(=O)[C@H](CCCCN)NC(=O)[C@H](Cc2ccccc2)NC(=O)OCC2c3ccccc3-c3ccccc32)cc1. The molecule has 1 aliphatic rings. The number of carbonyl (C=O) groups excluding carboxylic acids is 3. The van der Waals surface area contributed by atoms with Crippen LogP contribution in [-0.2, 0) is 20.7 Å². The molecule has 0 aromatic heterocycles. The molecule has 5 N–H and O–H groups in total. The average molecular weight is 605 g/mol. The number of nitrogens with one attached hydrogen (secondary N) is 3. The van der Waals surface area contributed by atoms with Crippen LogP contribution in [0.3, 0.4) is 0 Å². The Hall–Kier alpha value is -4.95. The van der Waals surface area contributed by atoms with Crippen molar-refractivity contribution in [2.75, 3.05) is 18.5 Å². The van der Waals surface area contributed by atoms with Gasteiger partial charge in [-0.05, 0) is 72.7 Å². The molecule has 0 bridgehead atoms. The standard InChI is InChI=1S/C37H40N4O4/c1-25-18-20-27(21-19-25)39-35(42)33(17-9-10-22-38)40-36(43)34(23-26-11-3-2-4-12-26)41-37(44)45-24-32-30-15-7-5-13-28(30)29-14-6-8-16-31(29)32/h2-8,11-16,18-21,32-34H,9-10,17,22-24,38H2,1H3,(H,39,42)(H,40,43)(H,41,44)/t33-,34-/m0/s1. The minimum atomic E-state index is -0.966. The van der Waals surface area contributed by atoms with Gasteiger partial charge in [0.15, 0.2) is 0 Å². The molecular formula is C37H40N4O4. The lowest BCUT2D eigenvalue weighted by Gasteiger charge is -2.24. The number of alkyl carbamates (subject to hydrolysis) is 1. The van der Waals surface area contributed by atoms with Crippen molar-refractivity contribution in [2.24, 2.45) is 5.73 Å². The molecule has 0 unspecified atom stereocenters. The summed E-state index contributed by atoms with van der Waals surface area (Å²) in [6.45, 7) is 2.58. The Labute approximate surface area is 264 Å². The zero-order valence-electron chi connectivity index (χ0n) is 25.5. The van der Waals surface area contributed by atoms with E-state index in [-0.39, 0.29) is 24.9 Å². The maximum Gasteiger partial charge on any atom is 0.407 e. The molecule has 0 saturated carbocycles. The minimum Gasteiger partial charge on any atom is -0.449 e. The number of benzene rings is 4. The summed E-state index contributed by atoms with van der Waals surface area (Å²) in [5.41, 5.74) is 12.7. The van der Waals surface area contributed by atoms with Crippen LogP contribution in [0.25, 0.3) is 11.1 Å². The van der Waals surface area contributed by atoms with Crippen LogP contribution in [0, 0.1) is 6.92 Å². The molecule has 8 heteroatoms. The second-order valence-electron chi connectivity index (χ2n) is 11.4. The molecule has 0 fully saturated rings. The first-order valence-corrected chi connectivity index (χ1v) is 15.5. The maximum atomic E-state index is 13.7. The predicted molar refractivity (Wildman–Crippen MR) is 177 cm³/mol. The number of hydrogen-bond donors (Lipinski definition) is 4. The molecule has 8 nitrogen and oxygen atoms in total. The highest BCUT2D eigenvalue weighted by molar-refractivity contribution is 5.98. The molecule has 0 spiro atoms. The van der Waals surface area contributed by atoms with Crippen molar-refractivity contribution >= 4 is 23.6 Å². The van der Waals surface area contributed by atoms with Crippen LogP contribution in [-0.4, -0.2) is 43.1 Å². The highest BCUT2D eigenvalue weighted by atomic mass is 16.5. The van der Waals surface area contributed by atoms with Gasteiger partial charge in [-0.15, -0.1) is 0 Å². The van der Waals surface area contributed by atoms with E-state index in [9.17, 15) is 14.4 Å². The number of hydrogen-bond acceptors (Lipinski definition) is 5. The fourth-order valence-electron chi connectivity index (χ4n) is 5.74. The normalized spacial score (nSPS) is 13.2. The van der Waals surface area contributed by atoms with E-state index in [0.717, 1.165) is 39.8 Å². The van der Waals surface area contributed by atoms with Gasteiger partial charge in [-0.25, -0.2) is 4.79 Å². The molecule has 232 valence electrons. The highest BCUT2D eigenvalue weighted by Crippen LogP contribution is 2.44. The van der Waals surface area contributed by atoms with E-state index < -0.39 is 24.1 Å². The second kappa shape index (κ2) is 15.2. The lowest BCUT2D eigenvalue weighted by atomic mass is 9.98. The van der Waals surface area contributed by atoms with Gasteiger partial charge >= 0.3 is 6.09 Å². The largest absolute Gasteiger partial charge is 0.449 e. The third-order valence-corrected chi connectivity index (χ3v) is 8.13. The zero-order valence-corrected chi connectivity index (χ0v) is 25.5. The molecule has 5 rings (SSSR count). The monoisotopic (exact) mass is 604 g/mol. The summed E-state index contributed by atoms with van der Waals surface area (Å²) in [6, 6.07) is 31.3. The number of fused-ring (bicyclic) bond motifs is 3. The Kier molecular flexibility index (Phi) is 10.6. The first-order chi connectivity index (χ1) is 21.9. The predicted octanol–water partition coefficient (Wildman–Crippen LogP) is 5.70. The Morgan fingerprint density at radius 3 is 2.00 bits per heavy atom. The molecule has 0 radical (unpaired) electrons. The number of nitrogens with two attached hydrogens (primary N) is 1. The number of carbonyl (C=O) groups is 3. The Balaban J connectivity index is 1.28. The average Bonchev–Trinajstić information content (AvgIpc) is 3.38. The summed E-state index contributed by atoms with van der Waals surface area (Å²) in [7, 11) is 0. The number of amides is 3. The van der Waals surface area contributed by atoms with Gasteiger partial charge in [0, 0.05) is 18.0 Å². The molecule has 45 heavy (non-hydrogen) atoms. The Morgan fingerprint density at radius 1 is 0.733 bits per heavy atom. The lowest BCUT2D eigenvalue weighted by Crippen LogP contribution is -2.53. The summed E-state index contributed by atoms with van der Waals surface area (Å²) < 4.78 is 5.76. The van der Waals surface area contributed by atoms with Crippen molar-refractivity contribution < 1.29 is 19.1 Å². The minimum absolute atomic E-state index is 0.109. The van der Waals surface area contributed by atoms with E-state index in [1.807, 2.05) is 85.8 Å². The van der Waals surface area contributed by atoms with E-state index in [1.165, 1.54) is 0 Å². The van der Waals surface area contributed by atoms with Crippen molar-refractivity contribution in [3.05, 3.63) is 125 Å². The van der Waals surface area contributed by atoms with E-state index in [2.05, 4.69) is 40.2 Å². The van der Waals surface area contributed by atoms with Crippen molar-refractivity contribution in [2.45, 2.75) is 50.6 Å². The van der Waals surface area contributed by atoms with Gasteiger partial charge in [-0.2, -0.15) is 0 Å². The summed E-state index contributed by atoms with van der Waals surface area (Å²) >= 11 is 0. The molecule has 4 aromatic rings. The molecule has 0 heterocycles. The molecule has 1 aliphatic carbocycles. The van der Waals surface area contributed by atoms with Gasteiger partial charge in [0.2, 0.25) is 11.8 Å². The molecule has 4 aromatic carbocycles. The summed E-state index contributed by atoms with van der Waals surface area (Å²) in [4.78, 5) is 40.3. The number of ether oxygens (including phenoxy) is 1. The van der Waals surface area contributed by atoms with Gasteiger partial charge in [-0.3, -0.25) is 9.59 Å². The second-order valence-corrected chi connectivity index (χ2v) is 11.4. The number of unbranched alkanes of at least 4 members (excludes halogenated alkanes) is 1. The quantitative estimate of drug-likeness (QED) is 0.146. The van der Waals surface area contributed by atoms with E-state index in [1.54, 1.807) is 0 Å². The summed E-state index contributed by atoms with van der Waals surface area (Å²) in [6.07, 6.45) is 1.31. The van der Waals surface area contributed by atoms with E-state index >= 15 is 0 Å². The molecule has 0 aliphatic heterocycles. The lowest BCUT2D eigenvalue weighted by molar-refractivity contribution is -0.128. The van der Waals surface area contributed by atoms with Crippen LogP contribution in [0.2, 0.25) is 0 Å². The van der Waals surface area contributed by atoms with Crippen LogP contribution >= 0.6 is 0 Å². The van der Waals surface area contributed by atoms with E-state index in [0.29, 0.717) is 25.1 Å². The van der Waals surface area contributed by atoms with E-state index in [4.69, 9.17) is 10.5 Å². The Morgan fingerprint density at radius 2 is 1.36 bits per heavy atom. The number of anilines is 1. The number of aryl methyl sites for hydroxylation is 1. The van der Waals surface area contributed by atoms with Crippen molar-refractivity contribution in [3.63, 3.8) is 0 Å². The van der Waals surface area contributed by atoms with Crippen LogP contribution in [0.1, 0.15) is 47.4 Å². The topological polar surface area (TPSA) is 123 Å². The summed E-state index contributed by atoms with van der Waals surface area (Å²) in [5, 5.41) is 8.58. The molecule has 3 amide bonds.